The van der Waals surface area contributed by atoms with Gasteiger partial charge in [-0.25, -0.2) is 0 Å². The zero-order valence-corrected chi connectivity index (χ0v) is 10.5. The molecule has 2 rings (SSSR count). The predicted molar refractivity (Wildman–Crippen MR) is 68.3 cm³/mol. The summed E-state index contributed by atoms with van der Waals surface area (Å²) in [6, 6.07) is 0.290. The summed E-state index contributed by atoms with van der Waals surface area (Å²) in [6.07, 6.45) is 13.6. The van der Waals surface area contributed by atoms with Gasteiger partial charge < -0.3 is 5.32 Å². The third-order valence-corrected chi connectivity index (χ3v) is 4.23. The molecule has 2 heteroatoms. The molecule has 1 spiro atoms. The van der Waals surface area contributed by atoms with Gasteiger partial charge in [0.25, 0.3) is 0 Å². The molecule has 1 aliphatic carbocycles. The number of rotatable bonds is 1. The molecule has 2 fully saturated rings. The molecule has 2 aliphatic rings. The quantitative estimate of drug-likeness (QED) is 0.680. The first kappa shape index (κ1) is 12.0. The summed E-state index contributed by atoms with van der Waals surface area (Å²) in [5.41, 5.74) is 0.375. The Kier molecular flexibility index (Phi) is 3.89. The van der Waals surface area contributed by atoms with Crippen LogP contribution in [0, 0.1) is 12.3 Å². The van der Waals surface area contributed by atoms with Gasteiger partial charge >= 0.3 is 0 Å². The van der Waals surface area contributed by atoms with E-state index in [9.17, 15) is 0 Å². The Morgan fingerprint density at radius 2 is 2.00 bits per heavy atom. The highest BCUT2D eigenvalue weighted by atomic mass is 15.2. The molecule has 0 aromatic rings. The van der Waals surface area contributed by atoms with Gasteiger partial charge in [0, 0.05) is 18.6 Å². The zero-order chi connectivity index (χ0) is 11.4. The maximum atomic E-state index is 5.56. The van der Waals surface area contributed by atoms with Crippen LogP contribution in [0.15, 0.2) is 0 Å². The average Bonchev–Trinajstić information content (AvgIpc) is 2.52. The summed E-state index contributed by atoms with van der Waals surface area (Å²) in [7, 11) is 0. The monoisotopic (exact) mass is 220 g/mol. The van der Waals surface area contributed by atoms with Crippen molar-refractivity contribution in [2.75, 3.05) is 19.6 Å². The Labute approximate surface area is 99.8 Å². The first-order chi connectivity index (χ1) is 7.76. The highest BCUT2D eigenvalue weighted by Crippen LogP contribution is 2.30. The number of hydrogen-bond acceptors (Lipinski definition) is 2. The van der Waals surface area contributed by atoms with E-state index < -0.39 is 0 Å². The normalized spacial score (nSPS) is 28.2. The van der Waals surface area contributed by atoms with Gasteiger partial charge in [-0.3, -0.25) is 4.90 Å². The van der Waals surface area contributed by atoms with Crippen LogP contribution in [0.1, 0.15) is 45.4 Å². The fourth-order valence-corrected chi connectivity index (χ4v) is 3.16. The molecule has 1 heterocycles. The molecule has 16 heavy (non-hydrogen) atoms. The van der Waals surface area contributed by atoms with Crippen LogP contribution in [0.2, 0.25) is 0 Å². The topological polar surface area (TPSA) is 15.3 Å². The highest BCUT2D eigenvalue weighted by Gasteiger charge is 2.35. The van der Waals surface area contributed by atoms with Crippen molar-refractivity contribution in [1.29, 1.82) is 0 Å². The van der Waals surface area contributed by atoms with E-state index >= 15 is 0 Å². The van der Waals surface area contributed by atoms with Crippen LogP contribution in [-0.4, -0.2) is 36.1 Å². The molecule has 0 radical (unpaired) electrons. The highest BCUT2D eigenvalue weighted by molar-refractivity contribution is 5.02. The molecule has 1 atom stereocenters. The second-order valence-corrected chi connectivity index (χ2v) is 5.43. The van der Waals surface area contributed by atoms with Crippen molar-refractivity contribution in [2.24, 2.45) is 0 Å². The molecule has 0 aromatic carbocycles. The largest absolute Gasteiger partial charge is 0.310 e. The van der Waals surface area contributed by atoms with Gasteiger partial charge in [-0.15, -0.1) is 6.42 Å². The fourth-order valence-electron chi connectivity index (χ4n) is 3.16. The smallest absolute Gasteiger partial charge is 0.0683 e. The van der Waals surface area contributed by atoms with Crippen LogP contribution in [0.4, 0.5) is 0 Å². The van der Waals surface area contributed by atoms with Gasteiger partial charge in [-0.05, 0) is 32.7 Å². The fraction of sp³-hybridized carbons (Fsp3) is 0.857. The molecule has 0 amide bonds. The lowest BCUT2D eigenvalue weighted by atomic mass is 9.81. The summed E-state index contributed by atoms with van der Waals surface area (Å²) < 4.78 is 0. The van der Waals surface area contributed by atoms with Crippen molar-refractivity contribution in [3.63, 3.8) is 0 Å². The molecular formula is C14H24N2. The minimum Gasteiger partial charge on any atom is -0.310 e. The summed E-state index contributed by atoms with van der Waals surface area (Å²) in [6.45, 7) is 5.62. The summed E-state index contributed by atoms with van der Waals surface area (Å²) in [5, 5.41) is 3.80. The molecule has 0 aromatic heterocycles. The molecule has 1 saturated carbocycles. The molecular weight excluding hydrogens is 196 g/mol. The van der Waals surface area contributed by atoms with Crippen LogP contribution in [0.5, 0.6) is 0 Å². The maximum absolute atomic E-state index is 5.56. The minimum atomic E-state index is 0.290. The lowest BCUT2D eigenvalue weighted by Gasteiger charge is -2.40. The first-order valence-electron chi connectivity index (χ1n) is 6.71. The van der Waals surface area contributed by atoms with Crippen LogP contribution in [0.25, 0.3) is 0 Å². The molecule has 1 aliphatic heterocycles. The third-order valence-electron chi connectivity index (χ3n) is 4.23. The lowest BCUT2D eigenvalue weighted by molar-refractivity contribution is 0.152. The van der Waals surface area contributed by atoms with Crippen molar-refractivity contribution in [1.82, 2.24) is 10.2 Å². The maximum Gasteiger partial charge on any atom is 0.0683 e. The lowest BCUT2D eigenvalue weighted by Crippen LogP contribution is -2.53. The molecule has 90 valence electrons. The van der Waals surface area contributed by atoms with Crippen molar-refractivity contribution in [3.05, 3.63) is 0 Å². The van der Waals surface area contributed by atoms with Crippen molar-refractivity contribution in [2.45, 2.75) is 57.0 Å². The summed E-state index contributed by atoms with van der Waals surface area (Å²) in [4.78, 5) is 2.49. The van der Waals surface area contributed by atoms with E-state index in [1.54, 1.807) is 0 Å². The summed E-state index contributed by atoms with van der Waals surface area (Å²) in [5.74, 6) is 2.88. The van der Waals surface area contributed by atoms with Gasteiger partial charge in [0.15, 0.2) is 0 Å². The number of terminal acetylenes is 1. The van der Waals surface area contributed by atoms with Gasteiger partial charge in [0.05, 0.1) is 6.04 Å². The molecule has 0 bridgehead atoms. The van der Waals surface area contributed by atoms with Crippen LogP contribution in [-0.2, 0) is 0 Å². The molecule has 2 nitrogen and oxygen atoms in total. The SMILES string of the molecule is C#CC(C)N1CCCNC2(CCCCC2)C1. The van der Waals surface area contributed by atoms with E-state index in [1.165, 1.54) is 38.5 Å². The Morgan fingerprint density at radius 1 is 1.25 bits per heavy atom. The minimum absolute atomic E-state index is 0.290. The molecule has 1 saturated heterocycles. The van der Waals surface area contributed by atoms with E-state index in [-0.39, 0.29) is 0 Å². The molecule has 1 N–H and O–H groups in total. The number of nitrogens with zero attached hydrogens (tertiary/aromatic N) is 1. The van der Waals surface area contributed by atoms with E-state index in [4.69, 9.17) is 6.42 Å². The standard InChI is InChI=1S/C14H24N2/c1-3-13(2)16-11-7-10-15-14(12-16)8-5-4-6-9-14/h1,13,15H,4-12H2,2H3. The zero-order valence-electron chi connectivity index (χ0n) is 10.5. The second kappa shape index (κ2) is 5.21. The average molecular weight is 220 g/mol. The summed E-state index contributed by atoms with van der Waals surface area (Å²) >= 11 is 0. The van der Waals surface area contributed by atoms with Crippen LogP contribution < -0.4 is 5.32 Å². The predicted octanol–water partition coefficient (Wildman–Crippen LogP) is 2.01. The van der Waals surface area contributed by atoms with Gasteiger partial charge in [0.1, 0.15) is 0 Å². The van der Waals surface area contributed by atoms with Crippen LogP contribution in [0.3, 0.4) is 0 Å². The number of hydrogen-bond donors (Lipinski definition) is 1. The van der Waals surface area contributed by atoms with Gasteiger partial charge in [-0.2, -0.15) is 0 Å². The first-order valence-corrected chi connectivity index (χ1v) is 6.71. The van der Waals surface area contributed by atoms with E-state index in [0.29, 0.717) is 11.6 Å². The van der Waals surface area contributed by atoms with E-state index in [2.05, 4.69) is 23.1 Å². The van der Waals surface area contributed by atoms with Crippen LogP contribution >= 0.6 is 0 Å². The Hall–Kier alpha value is -0.520. The Balaban J connectivity index is 2.05. The van der Waals surface area contributed by atoms with Crippen molar-refractivity contribution >= 4 is 0 Å². The Morgan fingerprint density at radius 3 is 2.69 bits per heavy atom. The van der Waals surface area contributed by atoms with Gasteiger partial charge in [-0.1, -0.05) is 25.2 Å². The van der Waals surface area contributed by atoms with E-state index in [1.807, 2.05) is 0 Å². The Bertz CT molecular complexity index is 260. The van der Waals surface area contributed by atoms with Crippen molar-refractivity contribution in [3.8, 4) is 12.3 Å². The second-order valence-electron chi connectivity index (χ2n) is 5.43. The third kappa shape index (κ3) is 2.59. The molecule has 1 unspecified atom stereocenters. The number of nitrogens with one attached hydrogen (secondary N) is 1. The van der Waals surface area contributed by atoms with Gasteiger partial charge in [0.2, 0.25) is 0 Å². The van der Waals surface area contributed by atoms with E-state index in [0.717, 1.165) is 19.6 Å². The van der Waals surface area contributed by atoms with Crippen molar-refractivity contribution < 1.29 is 0 Å².